The second-order valence-electron chi connectivity index (χ2n) is 4.16. The van der Waals surface area contributed by atoms with Crippen molar-refractivity contribution >= 4 is 15.9 Å². The lowest BCUT2D eigenvalue weighted by Gasteiger charge is -2.14. The average molecular weight is 295 g/mol. The first-order valence-electron chi connectivity index (χ1n) is 5.37. The summed E-state index contributed by atoms with van der Waals surface area (Å²) < 4.78 is 2.72. The van der Waals surface area contributed by atoms with Gasteiger partial charge in [-0.25, -0.2) is 0 Å². The molecule has 1 atom stereocenters. The van der Waals surface area contributed by atoms with Crippen molar-refractivity contribution in [2.75, 3.05) is 0 Å². The van der Waals surface area contributed by atoms with Crippen molar-refractivity contribution in [1.29, 1.82) is 0 Å². The molecule has 1 unspecified atom stereocenters. The van der Waals surface area contributed by atoms with Crippen LogP contribution in [-0.4, -0.2) is 14.8 Å². The van der Waals surface area contributed by atoms with Crippen LogP contribution in [0.15, 0.2) is 22.8 Å². The Labute approximate surface area is 109 Å². The maximum Gasteiger partial charge on any atom is 0.0736 e. The summed E-state index contributed by atoms with van der Waals surface area (Å²) in [6.07, 6.45) is 1.76. The van der Waals surface area contributed by atoms with Crippen molar-refractivity contribution in [3.63, 3.8) is 0 Å². The lowest BCUT2D eigenvalue weighted by Crippen LogP contribution is -2.17. The first-order chi connectivity index (χ1) is 7.99. The van der Waals surface area contributed by atoms with E-state index in [-0.39, 0.29) is 6.04 Å². The number of halogens is 1. The Morgan fingerprint density at radius 2 is 1.88 bits per heavy atom. The van der Waals surface area contributed by atoms with Gasteiger partial charge >= 0.3 is 0 Å². The highest BCUT2D eigenvalue weighted by Crippen LogP contribution is 2.26. The summed E-state index contributed by atoms with van der Waals surface area (Å²) >= 11 is 3.47. The summed E-state index contributed by atoms with van der Waals surface area (Å²) in [7, 11) is 1.89. The lowest BCUT2D eigenvalue weighted by molar-refractivity contribution is 0.670. The first-order valence-corrected chi connectivity index (χ1v) is 6.16. The quantitative estimate of drug-likeness (QED) is 0.924. The van der Waals surface area contributed by atoms with E-state index in [0.717, 1.165) is 27.1 Å². The van der Waals surface area contributed by atoms with Gasteiger partial charge in [-0.3, -0.25) is 9.67 Å². The minimum Gasteiger partial charge on any atom is -0.319 e. The Morgan fingerprint density at radius 1 is 1.29 bits per heavy atom. The number of nitrogens with zero attached hydrogens (tertiary/aromatic N) is 3. The van der Waals surface area contributed by atoms with Gasteiger partial charge in [-0.2, -0.15) is 5.10 Å². The van der Waals surface area contributed by atoms with E-state index in [1.54, 1.807) is 10.9 Å². The van der Waals surface area contributed by atoms with E-state index < -0.39 is 0 Å². The van der Waals surface area contributed by atoms with Gasteiger partial charge in [0.15, 0.2) is 0 Å². The normalized spacial score (nSPS) is 12.8. The highest BCUT2D eigenvalue weighted by Gasteiger charge is 2.17. The zero-order chi connectivity index (χ0) is 12.6. The van der Waals surface area contributed by atoms with Crippen LogP contribution in [0.25, 0.3) is 0 Å². The molecule has 17 heavy (non-hydrogen) atoms. The molecule has 2 rings (SSSR count). The molecule has 0 aliphatic rings. The number of pyridine rings is 1. The van der Waals surface area contributed by atoms with Crippen LogP contribution in [0, 0.1) is 13.8 Å². The summed E-state index contributed by atoms with van der Waals surface area (Å²) in [5.74, 6) is 0. The molecule has 4 nitrogen and oxygen atoms in total. The Kier molecular flexibility index (Phi) is 3.31. The molecule has 90 valence electrons. The zero-order valence-electron chi connectivity index (χ0n) is 10.1. The molecule has 0 radical (unpaired) electrons. The second kappa shape index (κ2) is 4.58. The van der Waals surface area contributed by atoms with Gasteiger partial charge < -0.3 is 5.73 Å². The summed E-state index contributed by atoms with van der Waals surface area (Å²) in [5.41, 5.74) is 10.3. The molecule has 0 fully saturated rings. The highest BCUT2D eigenvalue weighted by molar-refractivity contribution is 9.10. The fraction of sp³-hybridized carbons (Fsp3) is 0.333. The second-order valence-corrected chi connectivity index (χ2v) is 5.02. The fourth-order valence-electron chi connectivity index (χ4n) is 1.97. The van der Waals surface area contributed by atoms with Gasteiger partial charge in [0.1, 0.15) is 0 Å². The van der Waals surface area contributed by atoms with Crippen LogP contribution in [0.5, 0.6) is 0 Å². The van der Waals surface area contributed by atoms with Crippen molar-refractivity contribution < 1.29 is 0 Å². The Balaban J connectivity index is 2.47. The Bertz CT molecular complexity index is 508. The van der Waals surface area contributed by atoms with E-state index in [2.05, 4.69) is 26.0 Å². The summed E-state index contributed by atoms with van der Waals surface area (Å²) in [4.78, 5) is 4.35. The number of hydrogen-bond donors (Lipinski definition) is 1. The Morgan fingerprint density at radius 3 is 2.35 bits per heavy atom. The van der Waals surface area contributed by atoms with E-state index in [1.165, 1.54) is 0 Å². The number of rotatable bonds is 2. The van der Waals surface area contributed by atoms with Crippen molar-refractivity contribution in [3.05, 3.63) is 45.4 Å². The third-order valence-corrected chi connectivity index (χ3v) is 3.31. The van der Waals surface area contributed by atoms with Crippen LogP contribution >= 0.6 is 15.9 Å². The molecule has 0 spiro atoms. The summed E-state index contributed by atoms with van der Waals surface area (Å²) in [6.45, 7) is 3.95. The van der Waals surface area contributed by atoms with E-state index in [4.69, 9.17) is 5.73 Å². The molecule has 5 heteroatoms. The standard InChI is InChI=1S/C12H15BrN4/c1-7-4-9(5-8(2)16-7)11(14)12-10(13)6-15-17(12)3/h4-6,11H,14H2,1-3H3. The van der Waals surface area contributed by atoms with Crippen molar-refractivity contribution in [2.24, 2.45) is 12.8 Å². The van der Waals surface area contributed by atoms with Crippen molar-refractivity contribution in [2.45, 2.75) is 19.9 Å². The molecular weight excluding hydrogens is 280 g/mol. The molecule has 2 aromatic heterocycles. The Hall–Kier alpha value is -1.20. The molecule has 2 aromatic rings. The molecule has 0 bridgehead atoms. The van der Waals surface area contributed by atoms with Crippen LogP contribution in [0.3, 0.4) is 0 Å². The number of aromatic nitrogens is 3. The van der Waals surface area contributed by atoms with Gasteiger partial charge in [-0.15, -0.1) is 0 Å². The predicted molar refractivity (Wildman–Crippen MR) is 70.6 cm³/mol. The molecule has 0 aliphatic heterocycles. The molecule has 0 aromatic carbocycles. The van der Waals surface area contributed by atoms with E-state index in [0.29, 0.717) is 0 Å². The topological polar surface area (TPSA) is 56.7 Å². The maximum absolute atomic E-state index is 6.28. The SMILES string of the molecule is Cc1cc(C(N)c2c(Br)cnn2C)cc(C)n1. The largest absolute Gasteiger partial charge is 0.319 e. The average Bonchev–Trinajstić information content (AvgIpc) is 2.56. The third kappa shape index (κ3) is 2.40. The van der Waals surface area contributed by atoms with Crippen LogP contribution in [0.4, 0.5) is 0 Å². The molecule has 2 heterocycles. The van der Waals surface area contributed by atoms with Crippen molar-refractivity contribution in [3.8, 4) is 0 Å². The minimum absolute atomic E-state index is 0.197. The number of nitrogens with two attached hydrogens (primary N) is 1. The minimum atomic E-state index is -0.197. The van der Waals surface area contributed by atoms with Gasteiger partial charge in [-0.05, 0) is 47.5 Å². The third-order valence-electron chi connectivity index (χ3n) is 2.70. The predicted octanol–water partition coefficient (Wildman–Crippen LogP) is 2.24. The van der Waals surface area contributed by atoms with Crippen LogP contribution in [0.2, 0.25) is 0 Å². The van der Waals surface area contributed by atoms with Crippen LogP contribution < -0.4 is 5.73 Å². The number of hydrogen-bond acceptors (Lipinski definition) is 3. The lowest BCUT2D eigenvalue weighted by atomic mass is 10.0. The first kappa shape index (κ1) is 12.3. The molecule has 0 amide bonds. The summed E-state index contributed by atoms with van der Waals surface area (Å²) in [6, 6.07) is 3.83. The van der Waals surface area contributed by atoms with Gasteiger partial charge in [-0.1, -0.05) is 0 Å². The molecule has 0 aliphatic carbocycles. The van der Waals surface area contributed by atoms with Crippen molar-refractivity contribution in [1.82, 2.24) is 14.8 Å². The zero-order valence-corrected chi connectivity index (χ0v) is 11.7. The van der Waals surface area contributed by atoms with E-state index >= 15 is 0 Å². The van der Waals surface area contributed by atoms with Gasteiger partial charge in [0.2, 0.25) is 0 Å². The molecule has 0 saturated carbocycles. The summed E-state index contributed by atoms with van der Waals surface area (Å²) in [5, 5.41) is 4.18. The molecule has 2 N–H and O–H groups in total. The van der Waals surface area contributed by atoms with Crippen LogP contribution in [-0.2, 0) is 7.05 Å². The van der Waals surface area contributed by atoms with E-state index in [9.17, 15) is 0 Å². The van der Waals surface area contributed by atoms with E-state index in [1.807, 2.05) is 33.0 Å². The van der Waals surface area contributed by atoms with Gasteiger partial charge in [0.25, 0.3) is 0 Å². The molecule has 0 saturated heterocycles. The van der Waals surface area contributed by atoms with Crippen LogP contribution in [0.1, 0.15) is 28.7 Å². The smallest absolute Gasteiger partial charge is 0.0736 e. The van der Waals surface area contributed by atoms with Gasteiger partial charge in [0.05, 0.1) is 22.4 Å². The van der Waals surface area contributed by atoms with Gasteiger partial charge in [0, 0.05) is 18.4 Å². The monoisotopic (exact) mass is 294 g/mol. The maximum atomic E-state index is 6.28. The molecular formula is C12H15BrN4. The highest BCUT2D eigenvalue weighted by atomic mass is 79.9. The number of aryl methyl sites for hydroxylation is 3. The fourth-order valence-corrected chi connectivity index (χ4v) is 2.57.